The highest BCUT2D eigenvalue weighted by atomic mass is 35.7. The van der Waals surface area contributed by atoms with Crippen LogP contribution in [-0.4, -0.2) is 25.9 Å². The van der Waals surface area contributed by atoms with Crippen LogP contribution in [-0.2, 0) is 13.8 Å². The lowest BCUT2D eigenvalue weighted by molar-refractivity contribution is -0.118. The Hall–Kier alpha value is -1.54. The number of benzene rings is 1. The first-order valence-corrected chi connectivity index (χ1v) is 9.10. The molecule has 0 unspecified atom stereocenters. The number of rotatable bonds is 5. The first-order chi connectivity index (χ1) is 10.8. The first-order valence-electron chi connectivity index (χ1n) is 6.04. The van der Waals surface area contributed by atoms with Crippen LogP contribution in [0, 0.1) is 0 Å². The fourth-order valence-corrected chi connectivity index (χ4v) is 2.68. The molecule has 1 aromatic carbocycles. The lowest BCUT2D eigenvalue weighted by atomic mass is 10.3. The maximum atomic E-state index is 11.8. The van der Waals surface area contributed by atoms with Gasteiger partial charge in [-0.05, 0) is 30.3 Å². The number of halogens is 3. The summed E-state index contributed by atoms with van der Waals surface area (Å²) in [6.45, 7) is -0.295. The molecular weight excluding hydrogens is 387 g/mol. The molecule has 0 bridgehead atoms. The summed E-state index contributed by atoms with van der Waals surface area (Å²) in [5.41, 5.74) is 0.296. The number of nitrogens with zero attached hydrogens (tertiary/aromatic N) is 1. The third-order valence-corrected chi connectivity index (χ3v) is 4.27. The van der Waals surface area contributed by atoms with Gasteiger partial charge in [0.15, 0.2) is 11.6 Å². The average Bonchev–Trinajstić information content (AvgIpc) is 2.46. The van der Waals surface area contributed by atoms with Crippen LogP contribution in [0.1, 0.15) is 0 Å². The summed E-state index contributed by atoms with van der Waals surface area (Å²) in [5, 5.41) is 2.92. The monoisotopic (exact) mass is 394 g/mol. The number of pyridine rings is 1. The van der Waals surface area contributed by atoms with Gasteiger partial charge in [0, 0.05) is 15.7 Å². The number of hydrogen-bond donors (Lipinski definition) is 1. The zero-order chi connectivity index (χ0) is 17.0. The predicted octanol–water partition coefficient (Wildman–Crippen LogP) is 3.33. The Morgan fingerprint density at radius 1 is 1.22 bits per heavy atom. The van der Waals surface area contributed by atoms with Gasteiger partial charge in [-0.3, -0.25) is 4.79 Å². The number of aromatic nitrogens is 1. The molecule has 0 atom stereocenters. The van der Waals surface area contributed by atoms with Gasteiger partial charge in [0.25, 0.3) is 15.0 Å². The van der Waals surface area contributed by atoms with Gasteiger partial charge >= 0.3 is 0 Å². The number of hydrogen-bond acceptors (Lipinski definition) is 5. The summed E-state index contributed by atoms with van der Waals surface area (Å²) in [6, 6.07) is 7.14. The van der Waals surface area contributed by atoms with Crippen LogP contribution in [0.3, 0.4) is 0 Å². The normalized spacial score (nSPS) is 11.1. The van der Waals surface area contributed by atoms with Gasteiger partial charge in [-0.25, -0.2) is 13.4 Å². The Labute approximate surface area is 146 Å². The highest BCUT2D eigenvalue weighted by Gasteiger charge is 2.12. The highest BCUT2D eigenvalue weighted by molar-refractivity contribution is 8.13. The Kier molecular flexibility index (Phi) is 5.69. The summed E-state index contributed by atoms with van der Waals surface area (Å²) in [4.78, 5) is 15.4. The van der Waals surface area contributed by atoms with Crippen molar-refractivity contribution in [3.63, 3.8) is 0 Å². The van der Waals surface area contributed by atoms with E-state index >= 15 is 0 Å². The second kappa shape index (κ2) is 7.35. The Bertz CT molecular complexity index is 826. The van der Waals surface area contributed by atoms with Crippen LogP contribution in [0.4, 0.5) is 5.69 Å². The second-order valence-electron chi connectivity index (χ2n) is 4.23. The van der Waals surface area contributed by atoms with Crippen LogP contribution in [0.2, 0.25) is 10.0 Å². The van der Waals surface area contributed by atoms with Crippen molar-refractivity contribution in [3.8, 4) is 5.75 Å². The molecule has 1 amide bonds. The van der Waals surface area contributed by atoms with E-state index in [1.165, 1.54) is 24.4 Å². The molecule has 0 aliphatic heterocycles. The third kappa shape index (κ3) is 5.24. The van der Waals surface area contributed by atoms with Crippen molar-refractivity contribution in [1.29, 1.82) is 0 Å². The van der Waals surface area contributed by atoms with Gasteiger partial charge in [0.1, 0.15) is 5.75 Å². The molecule has 10 heteroatoms. The van der Waals surface area contributed by atoms with Gasteiger partial charge < -0.3 is 10.1 Å². The van der Waals surface area contributed by atoms with Gasteiger partial charge in [-0.1, -0.05) is 23.2 Å². The fraction of sp³-hybridized carbons (Fsp3) is 0.0769. The largest absolute Gasteiger partial charge is 0.482 e. The Morgan fingerprint density at radius 2 is 1.96 bits per heavy atom. The van der Waals surface area contributed by atoms with Gasteiger partial charge in [-0.2, -0.15) is 0 Å². The summed E-state index contributed by atoms with van der Waals surface area (Å²) in [6.07, 6.45) is 1.17. The highest BCUT2D eigenvalue weighted by Crippen LogP contribution is 2.27. The number of carbonyl (C=O) groups excluding carboxylic acids is 1. The van der Waals surface area contributed by atoms with E-state index < -0.39 is 15.0 Å². The lowest BCUT2D eigenvalue weighted by Gasteiger charge is -2.09. The SMILES string of the molecule is O=C(COc1ccc(Cl)cc1Cl)Nc1ccc(S(=O)(=O)Cl)nc1. The maximum Gasteiger partial charge on any atom is 0.278 e. The topological polar surface area (TPSA) is 85.4 Å². The van der Waals surface area contributed by atoms with Crippen molar-refractivity contribution in [2.24, 2.45) is 0 Å². The van der Waals surface area contributed by atoms with E-state index in [1.807, 2.05) is 0 Å². The minimum atomic E-state index is -3.90. The fourth-order valence-electron chi connectivity index (χ4n) is 1.53. The summed E-state index contributed by atoms with van der Waals surface area (Å²) in [5.74, 6) is -0.160. The lowest BCUT2D eigenvalue weighted by Crippen LogP contribution is -2.20. The van der Waals surface area contributed by atoms with E-state index in [1.54, 1.807) is 12.1 Å². The van der Waals surface area contributed by atoms with Crippen molar-refractivity contribution < 1.29 is 17.9 Å². The van der Waals surface area contributed by atoms with E-state index in [0.29, 0.717) is 16.5 Å². The second-order valence-corrected chi connectivity index (χ2v) is 7.59. The average molecular weight is 396 g/mol. The van der Waals surface area contributed by atoms with Crippen molar-refractivity contribution in [2.45, 2.75) is 5.03 Å². The smallest absolute Gasteiger partial charge is 0.278 e. The van der Waals surface area contributed by atoms with Crippen LogP contribution in [0.15, 0.2) is 41.6 Å². The standard InChI is InChI=1S/C13H9Cl3N2O4S/c14-8-1-3-11(10(15)5-8)22-7-12(19)18-9-2-4-13(17-6-9)23(16,20)21/h1-6H,7H2,(H,18,19). The van der Waals surface area contributed by atoms with E-state index in [4.69, 9.17) is 38.6 Å². The van der Waals surface area contributed by atoms with E-state index in [2.05, 4.69) is 10.3 Å². The Balaban J connectivity index is 1.94. The number of carbonyl (C=O) groups is 1. The minimum Gasteiger partial charge on any atom is -0.482 e. The third-order valence-electron chi connectivity index (χ3n) is 2.52. The van der Waals surface area contributed by atoms with Crippen molar-refractivity contribution in [3.05, 3.63) is 46.6 Å². The van der Waals surface area contributed by atoms with Crippen LogP contribution in [0.5, 0.6) is 5.75 Å². The van der Waals surface area contributed by atoms with Crippen LogP contribution in [0.25, 0.3) is 0 Å². The molecule has 0 saturated heterocycles. The molecule has 2 aromatic rings. The molecule has 122 valence electrons. The molecule has 0 spiro atoms. The summed E-state index contributed by atoms with van der Waals surface area (Å²) < 4.78 is 27.4. The molecule has 23 heavy (non-hydrogen) atoms. The zero-order valence-electron chi connectivity index (χ0n) is 11.3. The summed E-state index contributed by atoms with van der Waals surface area (Å²) in [7, 11) is 1.24. The first kappa shape index (κ1) is 17.8. The van der Waals surface area contributed by atoms with E-state index in [0.717, 1.165) is 0 Å². The molecule has 1 heterocycles. The van der Waals surface area contributed by atoms with Gasteiger partial charge in [0.05, 0.1) is 16.9 Å². The molecule has 1 N–H and O–H groups in total. The van der Waals surface area contributed by atoms with Crippen molar-refractivity contribution in [1.82, 2.24) is 4.98 Å². The van der Waals surface area contributed by atoms with Gasteiger partial charge in [0.2, 0.25) is 0 Å². The van der Waals surface area contributed by atoms with E-state index in [9.17, 15) is 13.2 Å². The molecule has 0 radical (unpaired) electrons. The molecule has 0 aliphatic carbocycles. The van der Waals surface area contributed by atoms with E-state index in [-0.39, 0.29) is 16.7 Å². The van der Waals surface area contributed by atoms with Crippen molar-refractivity contribution >= 4 is 54.5 Å². The van der Waals surface area contributed by atoms with Gasteiger partial charge in [-0.15, -0.1) is 0 Å². The van der Waals surface area contributed by atoms with Crippen molar-refractivity contribution in [2.75, 3.05) is 11.9 Å². The molecule has 1 aromatic heterocycles. The zero-order valence-corrected chi connectivity index (χ0v) is 14.4. The number of nitrogens with one attached hydrogen (secondary N) is 1. The molecule has 0 fully saturated rings. The molecule has 0 saturated carbocycles. The molecule has 2 rings (SSSR count). The number of ether oxygens (including phenoxy) is 1. The maximum absolute atomic E-state index is 11.8. The Morgan fingerprint density at radius 3 is 2.52 bits per heavy atom. The summed E-state index contributed by atoms with van der Waals surface area (Å²) >= 11 is 11.7. The quantitative estimate of drug-likeness (QED) is 0.785. The molecular formula is C13H9Cl3N2O4S. The van der Waals surface area contributed by atoms with Crippen LogP contribution < -0.4 is 10.1 Å². The predicted molar refractivity (Wildman–Crippen MR) is 87.9 cm³/mol. The molecule has 0 aliphatic rings. The number of amides is 1. The minimum absolute atomic E-state index is 0.281. The number of anilines is 1. The van der Waals surface area contributed by atoms with Crippen LogP contribution >= 0.6 is 33.9 Å². The molecule has 6 nitrogen and oxygen atoms in total.